The van der Waals surface area contributed by atoms with Crippen molar-refractivity contribution in [3.63, 3.8) is 0 Å². The summed E-state index contributed by atoms with van der Waals surface area (Å²) < 4.78 is 37.8. The van der Waals surface area contributed by atoms with Crippen LogP contribution in [0, 0.1) is 0 Å². The van der Waals surface area contributed by atoms with Crippen LogP contribution in [0.4, 0.5) is 13.2 Å². The largest absolute Gasteiger partial charge is 0.416 e. The van der Waals surface area contributed by atoms with Crippen LogP contribution in [0.3, 0.4) is 0 Å². The standard InChI is InChI=1S/C18H20F3N3O3S/c19-18(20,21)13-8-6-12(7-9-13)17-23-11-14(28-17)16(26)22-10-4-2-1-3-5-15(25)24-27/h6-9,11,27H,1-5,10H2,(H,22,26)(H,24,25). The highest BCUT2D eigenvalue weighted by Crippen LogP contribution is 2.32. The molecule has 3 N–H and O–H groups in total. The molecule has 0 atom stereocenters. The molecule has 1 aromatic carbocycles. The summed E-state index contributed by atoms with van der Waals surface area (Å²) in [5.41, 5.74) is 1.36. The van der Waals surface area contributed by atoms with Crippen LogP contribution in [0.5, 0.6) is 0 Å². The third-order valence-corrected chi connectivity index (χ3v) is 4.97. The molecular weight excluding hydrogens is 395 g/mol. The van der Waals surface area contributed by atoms with Crippen LogP contribution < -0.4 is 10.8 Å². The van der Waals surface area contributed by atoms with E-state index in [2.05, 4.69) is 10.3 Å². The van der Waals surface area contributed by atoms with Crippen molar-refractivity contribution in [2.45, 2.75) is 38.3 Å². The number of hydrogen-bond donors (Lipinski definition) is 3. The Morgan fingerprint density at radius 1 is 1.07 bits per heavy atom. The smallest absolute Gasteiger partial charge is 0.351 e. The number of benzene rings is 1. The maximum absolute atomic E-state index is 12.6. The fourth-order valence-electron chi connectivity index (χ4n) is 2.42. The lowest BCUT2D eigenvalue weighted by Crippen LogP contribution is -2.23. The van der Waals surface area contributed by atoms with Crippen molar-refractivity contribution in [2.24, 2.45) is 0 Å². The molecule has 0 spiro atoms. The first-order chi connectivity index (χ1) is 13.3. The molecule has 2 amide bonds. The molecule has 6 nitrogen and oxygen atoms in total. The van der Waals surface area contributed by atoms with Gasteiger partial charge in [-0.05, 0) is 25.0 Å². The number of rotatable bonds is 9. The van der Waals surface area contributed by atoms with Crippen molar-refractivity contribution < 1.29 is 28.0 Å². The van der Waals surface area contributed by atoms with Gasteiger partial charge in [0.1, 0.15) is 9.88 Å². The molecule has 0 radical (unpaired) electrons. The van der Waals surface area contributed by atoms with Gasteiger partial charge in [-0.15, -0.1) is 11.3 Å². The van der Waals surface area contributed by atoms with E-state index in [1.807, 2.05) is 0 Å². The van der Waals surface area contributed by atoms with Crippen LogP contribution in [-0.2, 0) is 11.0 Å². The van der Waals surface area contributed by atoms with Gasteiger partial charge < -0.3 is 5.32 Å². The number of unbranched alkanes of at least 4 members (excludes halogenated alkanes) is 3. The number of carbonyl (C=O) groups is 2. The number of nitrogens with one attached hydrogen (secondary N) is 2. The Bertz CT molecular complexity index is 791. The Kier molecular flexibility index (Phi) is 7.94. The summed E-state index contributed by atoms with van der Waals surface area (Å²) in [6.45, 7) is 0.471. The predicted octanol–water partition coefficient (Wildman–Crippen LogP) is 4.01. The quantitative estimate of drug-likeness (QED) is 0.328. The van der Waals surface area contributed by atoms with E-state index in [0.29, 0.717) is 28.4 Å². The number of amides is 2. The van der Waals surface area contributed by atoms with E-state index in [1.165, 1.54) is 18.3 Å². The van der Waals surface area contributed by atoms with Gasteiger partial charge in [0.25, 0.3) is 5.91 Å². The van der Waals surface area contributed by atoms with Crippen LogP contribution in [-0.4, -0.2) is 28.6 Å². The van der Waals surface area contributed by atoms with Gasteiger partial charge in [0.2, 0.25) is 5.91 Å². The lowest BCUT2D eigenvalue weighted by Gasteiger charge is -2.06. The molecule has 0 fully saturated rings. The van der Waals surface area contributed by atoms with Crippen LogP contribution in [0.2, 0.25) is 0 Å². The number of thiazole rings is 1. The molecule has 28 heavy (non-hydrogen) atoms. The van der Waals surface area contributed by atoms with Crippen molar-refractivity contribution in [3.05, 3.63) is 40.9 Å². The van der Waals surface area contributed by atoms with Crippen molar-refractivity contribution in [1.82, 2.24) is 15.8 Å². The first kappa shape index (κ1) is 21.8. The van der Waals surface area contributed by atoms with E-state index in [1.54, 1.807) is 5.48 Å². The molecule has 2 aromatic rings. The van der Waals surface area contributed by atoms with Crippen LogP contribution in [0.25, 0.3) is 10.6 Å². The van der Waals surface area contributed by atoms with Gasteiger partial charge in [-0.3, -0.25) is 14.8 Å². The zero-order valence-corrected chi connectivity index (χ0v) is 15.7. The van der Waals surface area contributed by atoms with Crippen LogP contribution in [0.15, 0.2) is 30.5 Å². The van der Waals surface area contributed by atoms with E-state index in [0.717, 1.165) is 42.7 Å². The van der Waals surface area contributed by atoms with Gasteiger partial charge in [-0.2, -0.15) is 13.2 Å². The van der Waals surface area contributed by atoms with E-state index >= 15 is 0 Å². The van der Waals surface area contributed by atoms with Gasteiger partial charge in [-0.1, -0.05) is 25.0 Å². The van der Waals surface area contributed by atoms with Gasteiger partial charge in [0, 0.05) is 18.5 Å². The number of alkyl halides is 3. The van der Waals surface area contributed by atoms with Crippen molar-refractivity contribution >= 4 is 23.2 Å². The first-order valence-electron chi connectivity index (χ1n) is 8.66. The zero-order chi connectivity index (χ0) is 20.6. The Labute approximate surface area is 163 Å². The molecular formula is C18H20F3N3O3S. The predicted molar refractivity (Wildman–Crippen MR) is 97.9 cm³/mol. The topological polar surface area (TPSA) is 91.3 Å². The highest BCUT2D eigenvalue weighted by Gasteiger charge is 2.30. The molecule has 0 unspecified atom stereocenters. The molecule has 2 rings (SSSR count). The summed E-state index contributed by atoms with van der Waals surface area (Å²) in [4.78, 5) is 27.5. The minimum absolute atomic E-state index is 0.260. The van der Waals surface area contributed by atoms with E-state index in [-0.39, 0.29) is 12.3 Å². The number of hydroxylamine groups is 1. The Morgan fingerprint density at radius 3 is 2.39 bits per heavy atom. The Hall–Kier alpha value is -2.46. The summed E-state index contributed by atoms with van der Waals surface area (Å²) in [6.07, 6.45) is 0.317. The number of aromatic nitrogens is 1. The first-order valence-corrected chi connectivity index (χ1v) is 9.47. The molecule has 152 valence electrons. The minimum Gasteiger partial charge on any atom is -0.351 e. The van der Waals surface area contributed by atoms with Gasteiger partial charge >= 0.3 is 6.18 Å². The molecule has 0 bridgehead atoms. The number of nitrogens with zero attached hydrogens (tertiary/aromatic N) is 1. The lowest BCUT2D eigenvalue weighted by molar-refractivity contribution is -0.137. The zero-order valence-electron chi connectivity index (χ0n) is 14.9. The summed E-state index contributed by atoms with van der Waals surface area (Å²) in [5, 5.41) is 11.6. The summed E-state index contributed by atoms with van der Waals surface area (Å²) in [5.74, 6) is -0.697. The van der Waals surface area contributed by atoms with Gasteiger partial charge in [0.15, 0.2) is 0 Å². The average Bonchev–Trinajstić information content (AvgIpc) is 3.16. The molecule has 0 saturated heterocycles. The molecule has 0 aliphatic rings. The third-order valence-electron chi connectivity index (χ3n) is 3.93. The number of halogens is 3. The highest BCUT2D eigenvalue weighted by atomic mass is 32.1. The van der Waals surface area contributed by atoms with Gasteiger partial charge in [0.05, 0.1) is 11.8 Å². The number of carbonyl (C=O) groups excluding carboxylic acids is 2. The van der Waals surface area contributed by atoms with Crippen molar-refractivity contribution in [1.29, 1.82) is 0 Å². The summed E-state index contributed by atoms with van der Waals surface area (Å²) >= 11 is 1.11. The second kappa shape index (κ2) is 10.2. The van der Waals surface area contributed by atoms with Crippen molar-refractivity contribution in [2.75, 3.05) is 6.54 Å². The monoisotopic (exact) mass is 415 g/mol. The van der Waals surface area contributed by atoms with Gasteiger partial charge in [-0.25, -0.2) is 10.5 Å². The van der Waals surface area contributed by atoms with E-state index < -0.39 is 17.6 Å². The Balaban J connectivity index is 1.77. The summed E-state index contributed by atoms with van der Waals surface area (Å²) in [7, 11) is 0. The molecule has 0 aliphatic heterocycles. The van der Waals surface area contributed by atoms with E-state index in [4.69, 9.17) is 5.21 Å². The fraction of sp³-hybridized carbons (Fsp3) is 0.389. The maximum atomic E-state index is 12.6. The summed E-state index contributed by atoms with van der Waals surface area (Å²) in [6, 6.07) is 4.64. The molecule has 0 saturated carbocycles. The lowest BCUT2D eigenvalue weighted by atomic mass is 10.1. The molecule has 1 heterocycles. The van der Waals surface area contributed by atoms with Crippen LogP contribution in [0.1, 0.15) is 47.3 Å². The second-order valence-corrected chi connectivity index (χ2v) is 7.09. The second-order valence-electron chi connectivity index (χ2n) is 6.06. The Morgan fingerprint density at radius 2 is 1.75 bits per heavy atom. The normalized spacial score (nSPS) is 11.3. The third kappa shape index (κ3) is 6.61. The highest BCUT2D eigenvalue weighted by molar-refractivity contribution is 7.16. The molecule has 0 aliphatic carbocycles. The SMILES string of the molecule is O=C(CCCCCCNC(=O)c1cnc(-c2ccc(C(F)(F)F)cc2)s1)NO. The number of hydrogen-bond acceptors (Lipinski definition) is 5. The minimum atomic E-state index is -4.39. The maximum Gasteiger partial charge on any atom is 0.416 e. The van der Waals surface area contributed by atoms with Crippen molar-refractivity contribution in [3.8, 4) is 10.6 Å². The van der Waals surface area contributed by atoms with Crippen LogP contribution >= 0.6 is 11.3 Å². The van der Waals surface area contributed by atoms with E-state index in [9.17, 15) is 22.8 Å². The molecule has 10 heteroatoms. The average molecular weight is 415 g/mol. The fourth-order valence-corrected chi connectivity index (χ4v) is 3.26. The molecule has 1 aromatic heterocycles.